The summed E-state index contributed by atoms with van der Waals surface area (Å²) in [4.78, 5) is 30.0. The molecule has 0 fully saturated rings. The first-order valence-electron chi connectivity index (χ1n) is 9.92. The second kappa shape index (κ2) is 8.36. The van der Waals surface area contributed by atoms with Crippen molar-refractivity contribution in [2.75, 3.05) is 0 Å². The maximum Gasteiger partial charge on any atom is 0.279 e. The largest absolute Gasteiger partial charge is 0.467 e. The van der Waals surface area contributed by atoms with Gasteiger partial charge in [0, 0.05) is 29.8 Å². The maximum atomic E-state index is 13.1. The molecule has 0 aliphatic rings. The maximum absolute atomic E-state index is 13.1. The van der Waals surface area contributed by atoms with Crippen LogP contribution in [0.15, 0.2) is 57.9 Å². The van der Waals surface area contributed by atoms with Crippen LogP contribution in [0.2, 0.25) is 0 Å². The van der Waals surface area contributed by atoms with Gasteiger partial charge in [0.25, 0.3) is 5.56 Å². The van der Waals surface area contributed by atoms with Crippen molar-refractivity contribution in [3.63, 3.8) is 0 Å². The predicted molar refractivity (Wildman–Crippen MR) is 112 cm³/mol. The molecule has 30 heavy (non-hydrogen) atoms. The average molecular weight is 405 g/mol. The standard InChI is InChI=1S/C22H23N5O3/c1-3-26-15(2)18(11-12-19(28)23-14-17-10-7-13-30-17)21(29)27-22(26)24-20(25-27)16-8-5-4-6-9-16/h4-10,13H,3,11-12,14H2,1-2H3,(H,23,28). The van der Waals surface area contributed by atoms with Gasteiger partial charge in [-0.25, -0.2) is 0 Å². The molecular formula is C22H23N5O3. The number of carbonyl (C=O) groups excluding carboxylic acids is 1. The zero-order valence-electron chi connectivity index (χ0n) is 17.0. The molecule has 154 valence electrons. The number of carbonyl (C=O) groups is 1. The first kappa shape index (κ1) is 19.6. The Kier molecular flexibility index (Phi) is 5.47. The normalized spacial score (nSPS) is 11.1. The first-order chi connectivity index (χ1) is 14.6. The van der Waals surface area contributed by atoms with E-state index in [2.05, 4.69) is 15.4 Å². The SMILES string of the molecule is CCn1c(C)c(CCC(=O)NCc2ccco2)c(=O)n2nc(-c3ccccc3)nc12. The third-order valence-electron chi connectivity index (χ3n) is 5.11. The summed E-state index contributed by atoms with van der Waals surface area (Å²) >= 11 is 0. The minimum Gasteiger partial charge on any atom is -0.467 e. The number of nitrogens with zero attached hydrogens (tertiary/aromatic N) is 4. The van der Waals surface area contributed by atoms with Gasteiger partial charge in [0.1, 0.15) is 5.76 Å². The molecule has 0 radical (unpaired) electrons. The highest BCUT2D eigenvalue weighted by atomic mass is 16.3. The lowest BCUT2D eigenvalue weighted by Gasteiger charge is -2.13. The summed E-state index contributed by atoms with van der Waals surface area (Å²) in [7, 11) is 0. The van der Waals surface area contributed by atoms with Gasteiger partial charge >= 0.3 is 0 Å². The van der Waals surface area contributed by atoms with E-state index in [-0.39, 0.29) is 17.9 Å². The summed E-state index contributed by atoms with van der Waals surface area (Å²) in [6, 6.07) is 13.1. The molecular weight excluding hydrogens is 382 g/mol. The number of amides is 1. The molecule has 4 rings (SSSR count). The molecule has 0 bridgehead atoms. The summed E-state index contributed by atoms with van der Waals surface area (Å²) in [5, 5.41) is 7.26. The van der Waals surface area contributed by atoms with Crippen molar-refractivity contribution in [2.45, 2.75) is 39.8 Å². The molecule has 0 aliphatic carbocycles. The molecule has 0 unspecified atom stereocenters. The summed E-state index contributed by atoms with van der Waals surface area (Å²) in [6.45, 7) is 4.85. The van der Waals surface area contributed by atoms with Gasteiger partial charge in [-0.05, 0) is 32.4 Å². The van der Waals surface area contributed by atoms with E-state index in [1.54, 1.807) is 18.4 Å². The highest BCUT2D eigenvalue weighted by Crippen LogP contribution is 2.17. The van der Waals surface area contributed by atoms with Gasteiger partial charge in [0.05, 0.1) is 12.8 Å². The van der Waals surface area contributed by atoms with Crippen molar-refractivity contribution < 1.29 is 9.21 Å². The van der Waals surface area contributed by atoms with Crippen LogP contribution < -0.4 is 10.9 Å². The lowest BCUT2D eigenvalue weighted by atomic mass is 10.1. The van der Waals surface area contributed by atoms with Crippen molar-refractivity contribution in [1.29, 1.82) is 0 Å². The number of rotatable bonds is 7. The van der Waals surface area contributed by atoms with E-state index in [4.69, 9.17) is 4.42 Å². The van der Waals surface area contributed by atoms with Crippen molar-refractivity contribution in [2.24, 2.45) is 0 Å². The predicted octanol–water partition coefficient (Wildman–Crippen LogP) is 2.73. The Bertz CT molecular complexity index is 1220. The molecule has 1 aromatic carbocycles. The van der Waals surface area contributed by atoms with E-state index in [1.165, 1.54) is 4.52 Å². The van der Waals surface area contributed by atoms with Gasteiger partial charge in [-0.15, -0.1) is 5.10 Å². The quantitative estimate of drug-likeness (QED) is 0.510. The number of hydrogen-bond acceptors (Lipinski definition) is 5. The van der Waals surface area contributed by atoms with Crippen molar-refractivity contribution in [3.8, 4) is 11.4 Å². The summed E-state index contributed by atoms with van der Waals surface area (Å²) in [5.41, 5.74) is 1.99. The number of aromatic nitrogens is 4. The molecule has 3 aromatic heterocycles. The van der Waals surface area contributed by atoms with Gasteiger partial charge in [-0.1, -0.05) is 30.3 Å². The van der Waals surface area contributed by atoms with Crippen LogP contribution in [0.4, 0.5) is 0 Å². The highest BCUT2D eigenvalue weighted by molar-refractivity contribution is 5.76. The van der Waals surface area contributed by atoms with E-state index in [0.29, 0.717) is 42.4 Å². The topological polar surface area (TPSA) is 94.4 Å². The second-order valence-electron chi connectivity index (χ2n) is 6.98. The molecule has 0 saturated carbocycles. The summed E-state index contributed by atoms with van der Waals surface area (Å²) < 4.78 is 8.51. The zero-order chi connectivity index (χ0) is 21.1. The monoisotopic (exact) mass is 405 g/mol. The van der Waals surface area contributed by atoms with Crippen molar-refractivity contribution >= 4 is 11.7 Å². The highest BCUT2D eigenvalue weighted by Gasteiger charge is 2.18. The Morgan fingerprint density at radius 3 is 2.67 bits per heavy atom. The number of benzene rings is 1. The van der Waals surface area contributed by atoms with Gasteiger partial charge < -0.3 is 14.3 Å². The number of nitrogens with one attached hydrogen (secondary N) is 1. The smallest absolute Gasteiger partial charge is 0.279 e. The fourth-order valence-electron chi connectivity index (χ4n) is 3.51. The average Bonchev–Trinajstić information content (AvgIpc) is 3.43. The molecule has 0 atom stereocenters. The van der Waals surface area contributed by atoms with E-state index in [0.717, 1.165) is 11.3 Å². The molecule has 8 heteroatoms. The third kappa shape index (κ3) is 3.76. The Hall–Kier alpha value is -3.68. The van der Waals surface area contributed by atoms with Crippen LogP contribution in [-0.2, 0) is 24.3 Å². The number of fused-ring (bicyclic) bond motifs is 1. The Morgan fingerprint density at radius 2 is 1.97 bits per heavy atom. The van der Waals surface area contributed by atoms with E-state index in [1.807, 2.05) is 48.7 Å². The number of hydrogen-bond donors (Lipinski definition) is 1. The van der Waals surface area contributed by atoms with E-state index >= 15 is 0 Å². The molecule has 4 aromatic rings. The van der Waals surface area contributed by atoms with Crippen LogP contribution in [0.5, 0.6) is 0 Å². The number of furan rings is 1. The van der Waals surface area contributed by atoms with Crippen LogP contribution >= 0.6 is 0 Å². The minimum absolute atomic E-state index is 0.142. The van der Waals surface area contributed by atoms with Gasteiger partial charge in [0.15, 0.2) is 5.82 Å². The summed E-state index contributed by atoms with van der Waals surface area (Å²) in [6.07, 6.45) is 2.09. The molecule has 0 aliphatic heterocycles. The van der Waals surface area contributed by atoms with Crippen molar-refractivity contribution in [3.05, 3.63) is 76.1 Å². The first-order valence-corrected chi connectivity index (χ1v) is 9.92. The molecule has 8 nitrogen and oxygen atoms in total. The lowest BCUT2D eigenvalue weighted by molar-refractivity contribution is -0.121. The summed E-state index contributed by atoms with van der Waals surface area (Å²) in [5.74, 6) is 1.55. The molecule has 3 heterocycles. The molecule has 0 spiro atoms. The van der Waals surface area contributed by atoms with Crippen LogP contribution in [-0.4, -0.2) is 25.1 Å². The minimum atomic E-state index is -0.235. The van der Waals surface area contributed by atoms with Crippen molar-refractivity contribution in [1.82, 2.24) is 24.5 Å². The third-order valence-corrected chi connectivity index (χ3v) is 5.11. The van der Waals surface area contributed by atoms with Gasteiger partial charge in [0.2, 0.25) is 11.7 Å². The van der Waals surface area contributed by atoms with Gasteiger partial charge in [-0.3, -0.25) is 9.59 Å². The van der Waals surface area contributed by atoms with Crippen LogP contribution in [0.3, 0.4) is 0 Å². The zero-order valence-corrected chi connectivity index (χ0v) is 17.0. The van der Waals surface area contributed by atoms with Crippen LogP contribution in [0.25, 0.3) is 17.2 Å². The van der Waals surface area contributed by atoms with Crippen LogP contribution in [0.1, 0.15) is 30.4 Å². The fraction of sp³-hybridized carbons (Fsp3) is 0.273. The molecule has 0 saturated heterocycles. The molecule has 1 N–H and O–H groups in total. The van der Waals surface area contributed by atoms with Crippen LogP contribution in [0, 0.1) is 6.92 Å². The van der Waals surface area contributed by atoms with Gasteiger partial charge in [-0.2, -0.15) is 9.50 Å². The second-order valence-corrected chi connectivity index (χ2v) is 6.98. The van der Waals surface area contributed by atoms with E-state index < -0.39 is 0 Å². The fourth-order valence-corrected chi connectivity index (χ4v) is 3.51. The Labute approximate surface area is 173 Å². The lowest BCUT2D eigenvalue weighted by Crippen LogP contribution is -2.28. The number of aryl methyl sites for hydroxylation is 1. The van der Waals surface area contributed by atoms with E-state index in [9.17, 15) is 9.59 Å². The molecule has 1 amide bonds. The Morgan fingerprint density at radius 1 is 1.17 bits per heavy atom. The Balaban J connectivity index is 1.61.